The van der Waals surface area contributed by atoms with Crippen molar-refractivity contribution in [3.8, 4) is 5.75 Å². The summed E-state index contributed by atoms with van der Waals surface area (Å²) in [6, 6.07) is 19.7. The number of ether oxygens (including phenoxy) is 1. The molecule has 0 aliphatic carbocycles. The fourth-order valence-electron chi connectivity index (χ4n) is 2.97. The summed E-state index contributed by atoms with van der Waals surface area (Å²) in [5.41, 5.74) is 2.38. The Kier molecular flexibility index (Phi) is 3.07. The molecule has 0 unspecified atom stereocenters. The van der Waals surface area contributed by atoms with E-state index in [9.17, 15) is 4.79 Å². The lowest BCUT2D eigenvalue weighted by atomic mass is 10.2. The molecule has 0 radical (unpaired) electrons. The fourth-order valence-corrected chi connectivity index (χ4v) is 2.97. The minimum Gasteiger partial charge on any atom is -0.410 e. The number of hydrogen-bond donors (Lipinski definition) is 0. The molecule has 0 saturated heterocycles. The summed E-state index contributed by atoms with van der Waals surface area (Å²) in [6.45, 7) is 2.05. The Labute approximate surface area is 128 Å². The first kappa shape index (κ1) is 13.0. The minimum atomic E-state index is -0.289. The highest BCUT2D eigenvalue weighted by atomic mass is 16.6. The highest BCUT2D eigenvalue weighted by molar-refractivity contribution is 5.81. The number of carbonyl (C=O) groups is 1. The van der Waals surface area contributed by atoms with Gasteiger partial charge in [0.25, 0.3) is 0 Å². The van der Waals surface area contributed by atoms with Gasteiger partial charge in [-0.2, -0.15) is 0 Å². The molecule has 1 amide bonds. The number of amides is 1. The molecule has 0 bridgehead atoms. The third-order valence-electron chi connectivity index (χ3n) is 4.05. The molecule has 4 nitrogen and oxygen atoms in total. The molecule has 2 heterocycles. The predicted molar refractivity (Wildman–Crippen MR) is 84.8 cm³/mol. The lowest BCUT2D eigenvalue weighted by Crippen LogP contribution is -2.39. The Morgan fingerprint density at radius 3 is 2.59 bits per heavy atom. The molecule has 0 fully saturated rings. The number of nitrogens with zero attached hydrogens (tertiary/aromatic N) is 2. The van der Waals surface area contributed by atoms with Gasteiger partial charge in [-0.15, -0.1) is 0 Å². The van der Waals surface area contributed by atoms with Gasteiger partial charge in [0.1, 0.15) is 5.75 Å². The highest BCUT2D eigenvalue weighted by Crippen LogP contribution is 2.24. The van der Waals surface area contributed by atoms with Crippen LogP contribution >= 0.6 is 0 Å². The van der Waals surface area contributed by atoms with E-state index in [0.717, 1.165) is 12.2 Å². The van der Waals surface area contributed by atoms with Gasteiger partial charge < -0.3 is 14.2 Å². The van der Waals surface area contributed by atoms with Gasteiger partial charge in [-0.25, -0.2) is 4.79 Å². The van der Waals surface area contributed by atoms with Crippen LogP contribution < -0.4 is 4.74 Å². The first-order valence-corrected chi connectivity index (χ1v) is 7.40. The Morgan fingerprint density at radius 1 is 0.955 bits per heavy atom. The van der Waals surface area contributed by atoms with Crippen LogP contribution in [0.4, 0.5) is 4.79 Å². The van der Waals surface area contributed by atoms with E-state index in [2.05, 4.69) is 22.8 Å². The summed E-state index contributed by atoms with van der Waals surface area (Å²) < 4.78 is 7.70. The monoisotopic (exact) mass is 292 g/mol. The molecule has 0 atom stereocenters. The lowest BCUT2D eigenvalue weighted by Gasteiger charge is -2.28. The Balaban J connectivity index is 1.55. The second-order valence-electron chi connectivity index (χ2n) is 5.45. The van der Waals surface area contributed by atoms with E-state index >= 15 is 0 Å². The lowest BCUT2D eigenvalue weighted by molar-refractivity contribution is 0.140. The van der Waals surface area contributed by atoms with Crippen LogP contribution in [0.1, 0.15) is 5.69 Å². The molecule has 110 valence electrons. The Morgan fingerprint density at radius 2 is 1.73 bits per heavy atom. The zero-order chi connectivity index (χ0) is 14.9. The molecule has 2 aromatic carbocycles. The molecule has 4 rings (SSSR count). The summed E-state index contributed by atoms with van der Waals surface area (Å²) in [5, 5.41) is 1.22. The van der Waals surface area contributed by atoms with E-state index in [1.807, 2.05) is 30.3 Å². The van der Waals surface area contributed by atoms with Gasteiger partial charge in [-0.05, 0) is 29.7 Å². The van der Waals surface area contributed by atoms with Crippen molar-refractivity contribution in [2.75, 3.05) is 6.54 Å². The minimum absolute atomic E-state index is 0.289. The van der Waals surface area contributed by atoms with E-state index in [1.165, 1.54) is 10.9 Å². The molecule has 4 heteroatoms. The average molecular weight is 292 g/mol. The second kappa shape index (κ2) is 5.22. The van der Waals surface area contributed by atoms with Gasteiger partial charge in [0.05, 0.1) is 6.54 Å². The van der Waals surface area contributed by atoms with Crippen molar-refractivity contribution in [1.29, 1.82) is 0 Å². The maximum absolute atomic E-state index is 12.3. The van der Waals surface area contributed by atoms with Gasteiger partial charge in [0.15, 0.2) is 0 Å². The van der Waals surface area contributed by atoms with Crippen LogP contribution in [-0.4, -0.2) is 22.1 Å². The van der Waals surface area contributed by atoms with Crippen LogP contribution in [0.25, 0.3) is 10.9 Å². The molecular formula is C18H16N2O2. The van der Waals surface area contributed by atoms with Crippen LogP contribution in [0.3, 0.4) is 0 Å². The predicted octanol–water partition coefficient (Wildman–Crippen LogP) is 3.66. The zero-order valence-corrected chi connectivity index (χ0v) is 12.1. The third-order valence-corrected chi connectivity index (χ3v) is 4.05. The van der Waals surface area contributed by atoms with Crippen LogP contribution in [0, 0.1) is 0 Å². The van der Waals surface area contributed by atoms with E-state index in [4.69, 9.17) is 4.74 Å². The third kappa shape index (κ3) is 2.22. The number of aromatic nitrogens is 1. The first-order valence-electron chi connectivity index (χ1n) is 7.40. The van der Waals surface area contributed by atoms with E-state index in [-0.39, 0.29) is 6.09 Å². The Bertz CT molecular complexity index is 823. The van der Waals surface area contributed by atoms with Gasteiger partial charge in [0.2, 0.25) is 0 Å². The van der Waals surface area contributed by atoms with Crippen molar-refractivity contribution in [1.82, 2.24) is 9.47 Å². The normalized spacial score (nSPS) is 13.9. The number of rotatable bonds is 1. The molecule has 1 aliphatic rings. The van der Waals surface area contributed by atoms with Crippen LogP contribution in [-0.2, 0) is 13.1 Å². The quantitative estimate of drug-likeness (QED) is 0.686. The zero-order valence-electron chi connectivity index (χ0n) is 12.1. The van der Waals surface area contributed by atoms with E-state index in [1.54, 1.807) is 17.0 Å². The number of para-hydroxylation sites is 2. The number of benzene rings is 2. The van der Waals surface area contributed by atoms with E-state index < -0.39 is 0 Å². The van der Waals surface area contributed by atoms with Gasteiger partial charge >= 0.3 is 6.09 Å². The summed E-state index contributed by atoms with van der Waals surface area (Å²) in [7, 11) is 0. The molecule has 22 heavy (non-hydrogen) atoms. The number of fused-ring (bicyclic) bond motifs is 3. The molecule has 1 aromatic heterocycles. The summed E-state index contributed by atoms with van der Waals surface area (Å²) in [6.07, 6.45) is -0.289. The molecule has 0 N–H and O–H groups in total. The molecule has 1 aliphatic heterocycles. The molecular weight excluding hydrogens is 276 g/mol. The van der Waals surface area contributed by atoms with Crippen LogP contribution in [0.15, 0.2) is 60.7 Å². The summed E-state index contributed by atoms with van der Waals surface area (Å²) in [4.78, 5) is 14.0. The summed E-state index contributed by atoms with van der Waals surface area (Å²) in [5.74, 6) is 0.582. The van der Waals surface area contributed by atoms with Gasteiger partial charge in [-0.3, -0.25) is 0 Å². The van der Waals surface area contributed by atoms with Crippen molar-refractivity contribution in [2.45, 2.75) is 13.1 Å². The van der Waals surface area contributed by atoms with Crippen molar-refractivity contribution in [3.63, 3.8) is 0 Å². The van der Waals surface area contributed by atoms with Crippen LogP contribution in [0.5, 0.6) is 5.75 Å². The highest BCUT2D eigenvalue weighted by Gasteiger charge is 2.23. The maximum atomic E-state index is 12.3. The number of carbonyl (C=O) groups excluding carboxylic acids is 1. The second-order valence-corrected chi connectivity index (χ2v) is 5.45. The van der Waals surface area contributed by atoms with Crippen molar-refractivity contribution >= 4 is 17.0 Å². The van der Waals surface area contributed by atoms with Crippen LogP contribution in [0.2, 0.25) is 0 Å². The standard InChI is InChI=1S/C18H16N2O2/c21-18(22-16-7-2-1-3-8-16)19-10-11-20-15(13-19)12-14-6-4-5-9-17(14)20/h1-9,12H,10-11,13H2. The molecule has 0 saturated carbocycles. The SMILES string of the molecule is O=C(Oc1ccccc1)N1CCn2c(cc3ccccc32)C1. The Hall–Kier alpha value is -2.75. The number of hydrogen-bond acceptors (Lipinski definition) is 2. The topological polar surface area (TPSA) is 34.5 Å². The van der Waals surface area contributed by atoms with Gasteiger partial charge in [0, 0.05) is 24.3 Å². The van der Waals surface area contributed by atoms with E-state index in [0.29, 0.717) is 18.8 Å². The maximum Gasteiger partial charge on any atom is 0.415 e. The van der Waals surface area contributed by atoms with Crippen molar-refractivity contribution < 1.29 is 9.53 Å². The van der Waals surface area contributed by atoms with Crippen molar-refractivity contribution in [3.05, 3.63) is 66.4 Å². The largest absolute Gasteiger partial charge is 0.415 e. The summed E-state index contributed by atoms with van der Waals surface area (Å²) >= 11 is 0. The molecule has 0 spiro atoms. The average Bonchev–Trinajstić information content (AvgIpc) is 2.93. The smallest absolute Gasteiger partial charge is 0.410 e. The first-order chi connectivity index (χ1) is 10.8. The fraction of sp³-hybridized carbons (Fsp3) is 0.167. The van der Waals surface area contributed by atoms with Gasteiger partial charge in [-0.1, -0.05) is 36.4 Å². The van der Waals surface area contributed by atoms with Crippen molar-refractivity contribution in [2.24, 2.45) is 0 Å². The molecule has 3 aromatic rings.